The van der Waals surface area contributed by atoms with Crippen molar-refractivity contribution in [3.8, 4) is 0 Å². The number of esters is 2. The Labute approximate surface area is 347 Å². The van der Waals surface area contributed by atoms with Crippen LogP contribution in [0.1, 0.15) is 149 Å². The topological polar surface area (TPSA) is 210 Å². The molecule has 334 valence electrons. The molecule has 6 N–H and O–H groups in total. The first-order valence-electron chi connectivity index (χ1n) is 21.6. The molecule has 14 heteroatoms. The Balaban J connectivity index is 2.49. The van der Waals surface area contributed by atoms with Gasteiger partial charge in [-0.2, -0.15) is 0 Å². The molecule has 1 saturated carbocycles. The van der Waals surface area contributed by atoms with Crippen molar-refractivity contribution in [3.05, 3.63) is 60.8 Å². The third-order valence-corrected chi connectivity index (χ3v) is 10.6. The van der Waals surface area contributed by atoms with E-state index >= 15 is 0 Å². The minimum absolute atomic E-state index is 0.0880. The second-order valence-corrected chi connectivity index (χ2v) is 16.2. The Morgan fingerprint density at radius 2 is 0.983 bits per heavy atom. The van der Waals surface area contributed by atoms with Gasteiger partial charge in [0.05, 0.1) is 6.61 Å². The Kier molecular flexibility index (Phi) is 31.7. The maximum absolute atomic E-state index is 12.8. The van der Waals surface area contributed by atoms with Crippen molar-refractivity contribution >= 4 is 19.8 Å². The van der Waals surface area contributed by atoms with Crippen molar-refractivity contribution in [3.63, 3.8) is 0 Å². The van der Waals surface area contributed by atoms with E-state index in [9.17, 15) is 44.6 Å². The van der Waals surface area contributed by atoms with Crippen LogP contribution in [0.15, 0.2) is 60.8 Å². The molecule has 58 heavy (non-hydrogen) atoms. The number of aliphatic hydroxyl groups excluding tert-OH is 5. The number of ether oxygens (including phenoxy) is 2. The molecule has 0 bridgehead atoms. The standard InChI is InChI=1S/C44H75O13P/c1-3-5-7-9-11-13-15-16-17-18-19-20-21-22-23-25-26-28-30-32-37(45)54-34-36(56-38(46)33-31-29-27-24-14-12-10-8-6-4-2)35-55-58(52,53)57-44-42(50)40(48)39(47)41(49)43(44)51/h5,7,11,13,16-17,19-20,22-23,36,39-44,47-51H,3-4,6,8-10,12,14-15,18,21,24-35H2,1-2H3,(H,52,53)/b7-5+,13-11+,17-16+,20-19+,23-22+/t36-,39?,40-,41?,42?,43?,44?/m0/s1. The van der Waals surface area contributed by atoms with Crippen molar-refractivity contribution in [2.75, 3.05) is 13.2 Å². The van der Waals surface area contributed by atoms with E-state index < -0.39 is 75.7 Å². The number of aliphatic hydroxyl groups is 5. The Bertz CT molecular complexity index is 1250. The summed E-state index contributed by atoms with van der Waals surface area (Å²) in [6, 6.07) is 0. The fourth-order valence-electron chi connectivity index (χ4n) is 6.14. The molecule has 0 spiro atoms. The van der Waals surface area contributed by atoms with E-state index in [4.69, 9.17) is 18.5 Å². The molecule has 1 rings (SSSR count). The highest BCUT2D eigenvalue weighted by Gasteiger charge is 2.51. The van der Waals surface area contributed by atoms with Gasteiger partial charge in [0.15, 0.2) is 6.10 Å². The normalized spacial score (nSPS) is 23.1. The highest BCUT2D eigenvalue weighted by molar-refractivity contribution is 7.47. The minimum Gasteiger partial charge on any atom is -0.462 e. The van der Waals surface area contributed by atoms with E-state index in [0.29, 0.717) is 12.8 Å². The Morgan fingerprint density at radius 3 is 1.50 bits per heavy atom. The first-order valence-corrected chi connectivity index (χ1v) is 23.1. The summed E-state index contributed by atoms with van der Waals surface area (Å²) in [5.41, 5.74) is 0. The number of phosphoric ester groups is 1. The lowest BCUT2D eigenvalue weighted by molar-refractivity contribution is -0.220. The average molecular weight is 843 g/mol. The van der Waals surface area contributed by atoms with Gasteiger partial charge < -0.3 is 39.9 Å². The second-order valence-electron chi connectivity index (χ2n) is 14.8. The smallest absolute Gasteiger partial charge is 0.462 e. The molecule has 0 saturated heterocycles. The molecule has 0 aliphatic heterocycles. The van der Waals surface area contributed by atoms with Crippen molar-refractivity contribution in [1.82, 2.24) is 0 Å². The number of phosphoric acid groups is 1. The minimum atomic E-state index is -5.12. The van der Waals surface area contributed by atoms with Crippen molar-refractivity contribution in [2.24, 2.45) is 0 Å². The highest BCUT2D eigenvalue weighted by Crippen LogP contribution is 2.47. The summed E-state index contributed by atoms with van der Waals surface area (Å²) in [7, 11) is -5.12. The van der Waals surface area contributed by atoms with Gasteiger partial charge in [-0.25, -0.2) is 4.57 Å². The molecule has 13 nitrogen and oxygen atoms in total. The molecular weight excluding hydrogens is 767 g/mol. The first kappa shape index (κ1) is 53.6. The summed E-state index contributed by atoms with van der Waals surface area (Å²) < 4.78 is 33.4. The van der Waals surface area contributed by atoms with E-state index in [1.807, 2.05) is 0 Å². The molecule has 1 aliphatic carbocycles. The summed E-state index contributed by atoms with van der Waals surface area (Å²) in [6.45, 7) is 3.11. The third kappa shape index (κ3) is 26.6. The highest BCUT2D eigenvalue weighted by atomic mass is 31.2. The summed E-state index contributed by atoms with van der Waals surface area (Å²) in [6.07, 6.45) is 27.2. The zero-order valence-electron chi connectivity index (χ0n) is 35.1. The van der Waals surface area contributed by atoms with Crippen molar-refractivity contribution in [1.29, 1.82) is 0 Å². The van der Waals surface area contributed by atoms with E-state index in [1.54, 1.807) is 0 Å². The predicted molar refractivity (Wildman–Crippen MR) is 226 cm³/mol. The molecule has 1 aliphatic rings. The maximum atomic E-state index is 12.8. The number of hydrogen-bond donors (Lipinski definition) is 6. The fraction of sp³-hybridized carbons (Fsp3) is 0.727. The average Bonchev–Trinajstić information content (AvgIpc) is 3.20. The monoisotopic (exact) mass is 842 g/mol. The van der Waals surface area contributed by atoms with Crippen molar-refractivity contribution in [2.45, 2.75) is 191 Å². The lowest BCUT2D eigenvalue weighted by Gasteiger charge is -2.41. The number of allylic oxidation sites excluding steroid dienone is 10. The molecule has 0 radical (unpaired) electrons. The van der Waals surface area contributed by atoms with Crippen LogP contribution in [0.2, 0.25) is 0 Å². The van der Waals surface area contributed by atoms with E-state index in [1.165, 1.54) is 32.1 Å². The van der Waals surface area contributed by atoms with Gasteiger partial charge >= 0.3 is 19.8 Å². The van der Waals surface area contributed by atoms with E-state index in [2.05, 4.69) is 74.6 Å². The quantitative estimate of drug-likeness (QED) is 0.0159. The molecule has 0 heterocycles. The molecule has 1 fully saturated rings. The number of carbonyl (C=O) groups is 2. The van der Waals surface area contributed by atoms with Crippen LogP contribution in [-0.4, -0.2) is 98.3 Å². The zero-order valence-corrected chi connectivity index (χ0v) is 36.0. The zero-order chi connectivity index (χ0) is 42.9. The fourth-order valence-corrected chi connectivity index (χ4v) is 7.11. The number of unbranched alkanes of at least 4 members (excludes halogenated alkanes) is 12. The van der Waals surface area contributed by atoms with Crippen LogP contribution in [0.4, 0.5) is 0 Å². The van der Waals surface area contributed by atoms with Crippen LogP contribution in [0.25, 0.3) is 0 Å². The molecule has 0 aromatic carbocycles. The lowest BCUT2D eigenvalue weighted by Crippen LogP contribution is -2.64. The number of hydrogen-bond acceptors (Lipinski definition) is 12. The lowest BCUT2D eigenvalue weighted by atomic mass is 9.85. The molecule has 8 atom stereocenters. The molecular formula is C44H75O13P. The van der Waals surface area contributed by atoms with Gasteiger partial charge in [0, 0.05) is 12.8 Å². The van der Waals surface area contributed by atoms with Gasteiger partial charge in [0.25, 0.3) is 0 Å². The van der Waals surface area contributed by atoms with E-state index in [-0.39, 0.29) is 12.8 Å². The Hall–Kier alpha value is -2.45. The van der Waals surface area contributed by atoms with Gasteiger partial charge in [-0.15, -0.1) is 0 Å². The summed E-state index contributed by atoms with van der Waals surface area (Å²) in [5, 5.41) is 50.0. The van der Waals surface area contributed by atoms with E-state index in [0.717, 1.165) is 77.0 Å². The van der Waals surface area contributed by atoms with Crippen LogP contribution < -0.4 is 0 Å². The van der Waals surface area contributed by atoms with Gasteiger partial charge in [0.2, 0.25) is 0 Å². The number of rotatable bonds is 34. The summed E-state index contributed by atoms with van der Waals surface area (Å²) in [5.74, 6) is -1.14. The van der Waals surface area contributed by atoms with Crippen LogP contribution in [0.3, 0.4) is 0 Å². The van der Waals surface area contributed by atoms with Crippen LogP contribution in [-0.2, 0) is 32.7 Å². The van der Waals surface area contributed by atoms with Gasteiger partial charge in [-0.3, -0.25) is 18.6 Å². The van der Waals surface area contributed by atoms with Gasteiger partial charge in [-0.05, 0) is 57.8 Å². The van der Waals surface area contributed by atoms with Crippen molar-refractivity contribution < 1.29 is 63.1 Å². The molecule has 0 aromatic rings. The maximum Gasteiger partial charge on any atom is 0.472 e. The first-order chi connectivity index (χ1) is 27.9. The SMILES string of the molecule is CC/C=C/C/C=C/C/C=C/C/C=C/C/C=C/CCCCCC(=O)OC[C@@H](COP(=O)(O)OC1C(O)C(O)C(O)[C@H](O)C1O)OC(=O)CCCCCCCCCCCC. The van der Waals surface area contributed by atoms with Crippen LogP contribution >= 0.6 is 7.82 Å². The van der Waals surface area contributed by atoms with Gasteiger partial charge in [0.1, 0.15) is 43.2 Å². The third-order valence-electron chi connectivity index (χ3n) is 9.62. The largest absolute Gasteiger partial charge is 0.472 e. The number of carbonyl (C=O) groups excluding carboxylic acids is 2. The Morgan fingerprint density at radius 1 is 0.552 bits per heavy atom. The summed E-state index contributed by atoms with van der Waals surface area (Å²) in [4.78, 5) is 35.5. The summed E-state index contributed by atoms with van der Waals surface area (Å²) >= 11 is 0. The molecule has 0 aromatic heterocycles. The van der Waals surface area contributed by atoms with Gasteiger partial charge in [-0.1, -0.05) is 139 Å². The predicted octanol–water partition coefficient (Wildman–Crippen LogP) is 7.77. The molecule has 6 unspecified atom stereocenters. The van der Waals surface area contributed by atoms with Crippen LogP contribution in [0.5, 0.6) is 0 Å². The molecule has 0 amide bonds. The van der Waals surface area contributed by atoms with Crippen LogP contribution in [0, 0.1) is 0 Å². The second kappa shape index (κ2) is 34.3.